The predicted molar refractivity (Wildman–Crippen MR) is 105 cm³/mol. The number of anilines is 1. The Hall–Kier alpha value is -1.64. The molecule has 0 aliphatic carbocycles. The Kier molecular flexibility index (Phi) is 6.08. The number of hydrogen-bond acceptors (Lipinski definition) is 4. The normalized spacial score (nSPS) is 15.5. The molecular weight excluding hydrogens is 411 g/mol. The van der Waals surface area contributed by atoms with E-state index < -0.39 is 15.9 Å². The van der Waals surface area contributed by atoms with Gasteiger partial charge in [0.1, 0.15) is 0 Å². The minimum absolute atomic E-state index is 0.106. The van der Waals surface area contributed by atoms with E-state index in [9.17, 15) is 13.2 Å². The fourth-order valence-electron chi connectivity index (χ4n) is 2.73. The summed E-state index contributed by atoms with van der Waals surface area (Å²) in [5.74, 6) is -0.474. The number of nitrogens with zero attached hydrogens (tertiary/aromatic N) is 1. The molecule has 9 heteroatoms. The van der Waals surface area contributed by atoms with Crippen LogP contribution in [0.1, 0.15) is 15.9 Å². The molecule has 2 aromatic carbocycles. The van der Waals surface area contributed by atoms with Gasteiger partial charge in [0.15, 0.2) is 0 Å². The zero-order valence-electron chi connectivity index (χ0n) is 14.5. The Morgan fingerprint density at radius 1 is 1.11 bits per heavy atom. The van der Waals surface area contributed by atoms with Crippen LogP contribution in [-0.4, -0.2) is 44.9 Å². The van der Waals surface area contributed by atoms with Crippen LogP contribution in [0.3, 0.4) is 0 Å². The predicted octanol–water partition coefficient (Wildman–Crippen LogP) is 3.58. The van der Waals surface area contributed by atoms with Crippen molar-refractivity contribution in [1.29, 1.82) is 0 Å². The molecule has 0 bridgehead atoms. The minimum atomic E-state index is -3.71. The molecule has 1 N–H and O–H groups in total. The van der Waals surface area contributed by atoms with Gasteiger partial charge in [0.05, 0.1) is 28.8 Å². The van der Waals surface area contributed by atoms with Gasteiger partial charge in [-0.05, 0) is 42.8 Å². The van der Waals surface area contributed by atoms with Gasteiger partial charge in [-0.25, -0.2) is 8.42 Å². The number of carbonyl (C=O) groups is 1. The van der Waals surface area contributed by atoms with E-state index in [1.54, 1.807) is 31.2 Å². The number of nitrogens with one attached hydrogen (secondary N) is 1. The van der Waals surface area contributed by atoms with E-state index in [1.807, 2.05) is 0 Å². The van der Waals surface area contributed by atoms with Crippen molar-refractivity contribution in [3.05, 3.63) is 57.6 Å². The first-order chi connectivity index (χ1) is 12.8. The Morgan fingerprint density at radius 3 is 2.52 bits per heavy atom. The topological polar surface area (TPSA) is 75.7 Å². The summed E-state index contributed by atoms with van der Waals surface area (Å²) in [6.07, 6.45) is 0. The number of halogens is 2. The van der Waals surface area contributed by atoms with Crippen molar-refractivity contribution in [3.8, 4) is 0 Å². The maximum Gasteiger partial charge on any atom is 0.255 e. The molecule has 0 unspecified atom stereocenters. The van der Waals surface area contributed by atoms with Crippen molar-refractivity contribution in [3.63, 3.8) is 0 Å². The van der Waals surface area contributed by atoms with Crippen molar-refractivity contribution in [2.75, 3.05) is 31.6 Å². The number of benzene rings is 2. The first-order valence-corrected chi connectivity index (χ1v) is 10.4. The Balaban J connectivity index is 1.90. The molecule has 0 radical (unpaired) electrons. The maximum absolute atomic E-state index is 12.9. The molecule has 0 atom stereocenters. The highest BCUT2D eigenvalue weighted by molar-refractivity contribution is 7.89. The molecule has 6 nitrogen and oxygen atoms in total. The molecule has 1 heterocycles. The zero-order valence-corrected chi connectivity index (χ0v) is 16.9. The zero-order chi connectivity index (χ0) is 19.6. The summed E-state index contributed by atoms with van der Waals surface area (Å²) in [5, 5.41) is 3.42. The third kappa shape index (κ3) is 4.44. The molecule has 1 saturated heterocycles. The summed E-state index contributed by atoms with van der Waals surface area (Å²) in [4.78, 5) is 12.7. The number of hydrogen-bond donors (Lipinski definition) is 1. The second-order valence-corrected chi connectivity index (χ2v) is 8.83. The molecule has 3 rings (SSSR count). The molecule has 1 aliphatic heterocycles. The van der Waals surface area contributed by atoms with E-state index in [0.717, 1.165) is 0 Å². The second kappa shape index (κ2) is 8.16. The number of ether oxygens (including phenoxy) is 1. The van der Waals surface area contributed by atoms with Crippen molar-refractivity contribution in [2.24, 2.45) is 0 Å². The number of amides is 1. The van der Waals surface area contributed by atoms with Crippen LogP contribution in [-0.2, 0) is 14.8 Å². The smallest absolute Gasteiger partial charge is 0.255 e. The van der Waals surface area contributed by atoms with Gasteiger partial charge in [-0.3, -0.25) is 4.79 Å². The third-order valence-electron chi connectivity index (χ3n) is 4.21. The molecule has 27 heavy (non-hydrogen) atoms. The van der Waals surface area contributed by atoms with E-state index >= 15 is 0 Å². The highest BCUT2D eigenvalue weighted by Crippen LogP contribution is 2.27. The Morgan fingerprint density at radius 2 is 1.81 bits per heavy atom. The Bertz CT molecular complexity index is 973. The first kappa shape index (κ1) is 20.1. The van der Waals surface area contributed by atoms with Gasteiger partial charge in [0.25, 0.3) is 5.91 Å². The highest BCUT2D eigenvalue weighted by Gasteiger charge is 2.28. The number of aryl methyl sites for hydroxylation is 1. The molecule has 0 saturated carbocycles. The minimum Gasteiger partial charge on any atom is -0.379 e. The lowest BCUT2D eigenvalue weighted by molar-refractivity contribution is 0.0730. The van der Waals surface area contributed by atoms with E-state index in [0.29, 0.717) is 34.5 Å². The van der Waals surface area contributed by atoms with Crippen molar-refractivity contribution in [2.45, 2.75) is 11.8 Å². The van der Waals surface area contributed by atoms with E-state index in [4.69, 9.17) is 27.9 Å². The van der Waals surface area contributed by atoms with Gasteiger partial charge < -0.3 is 10.1 Å². The van der Waals surface area contributed by atoms with Crippen LogP contribution in [0.15, 0.2) is 41.3 Å². The van der Waals surface area contributed by atoms with Gasteiger partial charge in [-0.1, -0.05) is 29.3 Å². The lowest BCUT2D eigenvalue weighted by Gasteiger charge is -2.26. The van der Waals surface area contributed by atoms with E-state index in [-0.39, 0.29) is 23.5 Å². The van der Waals surface area contributed by atoms with Crippen molar-refractivity contribution >= 4 is 44.8 Å². The fraction of sp³-hybridized carbons (Fsp3) is 0.278. The Labute approximate surface area is 168 Å². The summed E-state index contributed by atoms with van der Waals surface area (Å²) >= 11 is 12.0. The SMILES string of the molecule is Cc1ccc(C(=O)Nc2cc(Cl)ccc2Cl)cc1S(=O)(=O)N1CCOCC1. The molecule has 1 fully saturated rings. The average molecular weight is 429 g/mol. The fourth-order valence-corrected chi connectivity index (χ4v) is 4.73. The van der Waals surface area contributed by atoms with E-state index in [1.165, 1.54) is 16.4 Å². The van der Waals surface area contributed by atoms with Crippen LogP contribution in [0.2, 0.25) is 10.0 Å². The molecule has 1 aliphatic rings. The molecule has 0 spiro atoms. The molecule has 2 aromatic rings. The molecule has 0 aromatic heterocycles. The number of morpholine rings is 1. The van der Waals surface area contributed by atoms with Gasteiger partial charge in [0.2, 0.25) is 10.0 Å². The largest absolute Gasteiger partial charge is 0.379 e. The summed E-state index contributed by atoms with van der Waals surface area (Å²) in [7, 11) is -3.71. The van der Waals surface area contributed by atoms with Crippen LogP contribution < -0.4 is 5.32 Å². The molecule has 144 valence electrons. The van der Waals surface area contributed by atoms with Crippen molar-refractivity contribution in [1.82, 2.24) is 4.31 Å². The van der Waals surface area contributed by atoms with Crippen LogP contribution in [0.25, 0.3) is 0 Å². The van der Waals surface area contributed by atoms with Crippen LogP contribution >= 0.6 is 23.2 Å². The summed E-state index contributed by atoms with van der Waals surface area (Å²) < 4.78 is 32.5. The summed E-state index contributed by atoms with van der Waals surface area (Å²) in [6, 6.07) is 9.28. The van der Waals surface area contributed by atoms with Gasteiger partial charge >= 0.3 is 0 Å². The highest BCUT2D eigenvalue weighted by atomic mass is 35.5. The van der Waals surface area contributed by atoms with Crippen LogP contribution in [0, 0.1) is 6.92 Å². The third-order valence-corrected chi connectivity index (χ3v) is 6.82. The standard InChI is InChI=1S/C18H18Cl2N2O4S/c1-12-2-3-13(18(23)21-16-11-14(19)4-5-15(16)20)10-17(12)27(24,25)22-6-8-26-9-7-22/h2-5,10-11H,6-9H2,1H3,(H,21,23). The van der Waals surface area contributed by atoms with Crippen LogP contribution in [0.5, 0.6) is 0 Å². The quantitative estimate of drug-likeness (QED) is 0.807. The van der Waals surface area contributed by atoms with Crippen molar-refractivity contribution < 1.29 is 17.9 Å². The summed E-state index contributed by atoms with van der Waals surface area (Å²) in [6.45, 7) is 2.98. The molecule has 1 amide bonds. The van der Waals surface area contributed by atoms with Gasteiger partial charge in [-0.15, -0.1) is 0 Å². The summed E-state index contributed by atoms with van der Waals surface area (Å²) in [5.41, 5.74) is 1.13. The molecular formula is C18H18Cl2N2O4S. The maximum atomic E-state index is 12.9. The number of carbonyl (C=O) groups excluding carboxylic acids is 1. The van der Waals surface area contributed by atoms with Gasteiger partial charge in [-0.2, -0.15) is 4.31 Å². The average Bonchev–Trinajstić information content (AvgIpc) is 2.65. The number of sulfonamides is 1. The first-order valence-electron chi connectivity index (χ1n) is 8.24. The lowest BCUT2D eigenvalue weighted by atomic mass is 10.1. The second-order valence-electron chi connectivity index (χ2n) is 6.08. The lowest BCUT2D eigenvalue weighted by Crippen LogP contribution is -2.40. The van der Waals surface area contributed by atoms with E-state index in [2.05, 4.69) is 5.32 Å². The monoisotopic (exact) mass is 428 g/mol. The number of rotatable bonds is 4. The van der Waals surface area contributed by atoms with Gasteiger partial charge in [0, 0.05) is 23.7 Å². The van der Waals surface area contributed by atoms with Crippen LogP contribution in [0.4, 0.5) is 5.69 Å².